The molecule has 1 atom stereocenters. The Labute approximate surface area is 121 Å². The molecule has 5 heteroatoms. The summed E-state index contributed by atoms with van der Waals surface area (Å²) in [6.45, 7) is 1.51. The van der Waals surface area contributed by atoms with Crippen molar-refractivity contribution in [3.05, 3.63) is 65.0 Å². The summed E-state index contributed by atoms with van der Waals surface area (Å²) < 4.78 is 40.1. The molecular weight excluding hydrogens is 277 g/mol. The molecule has 0 amide bonds. The van der Waals surface area contributed by atoms with Gasteiger partial charge in [-0.3, -0.25) is 0 Å². The molecule has 1 aliphatic rings. The number of benzene rings is 2. The van der Waals surface area contributed by atoms with Crippen LogP contribution in [-0.2, 0) is 6.54 Å². The number of nitrogens with one attached hydrogen (secondary N) is 2. The highest BCUT2D eigenvalue weighted by atomic mass is 19.2. The summed E-state index contributed by atoms with van der Waals surface area (Å²) in [5.74, 6) is -3.80. The Hall–Kier alpha value is -2.01. The first-order chi connectivity index (χ1) is 10.2. The maximum Gasteiger partial charge on any atom is 0.196 e. The summed E-state index contributed by atoms with van der Waals surface area (Å²) in [6, 6.07) is 9.86. The van der Waals surface area contributed by atoms with Gasteiger partial charge in [0.25, 0.3) is 0 Å². The van der Waals surface area contributed by atoms with Crippen LogP contribution in [0.25, 0.3) is 0 Å². The molecule has 3 rings (SSSR count). The van der Waals surface area contributed by atoms with E-state index in [4.69, 9.17) is 0 Å². The second-order valence-electron chi connectivity index (χ2n) is 5.08. The van der Waals surface area contributed by atoms with Crippen molar-refractivity contribution >= 4 is 5.69 Å². The van der Waals surface area contributed by atoms with Gasteiger partial charge in [0, 0.05) is 6.54 Å². The van der Waals surface area contributed by atoms with Gasteiger partial charge in [-0.2, -0.15) is 0 Å². The Morgan fingerprint density at radius 3 is 2.67 bits per heavy atom. The average Bonchev–Trinajstić information content (AvgIpc) is 2.70. The highest BCUT2D eigenvalue weighted by Crippen LogP contribution is 2.29. The molecular formula is C16H15F3N2. The zero-order valence-electron chi connectivity index (χ0n) is 11.3. The van der Waals surface area contributed by atoms with E-state index < -0.39 is 17.5 Å². The number of hydrogen-bond acceptors (Lipinski definition) is 2. The smallest absolute Gasteiger partial charge is 0.196 e. The van der Waals surface area contributed by atoms with Gasteiger partial charge in [-0.1, -0.05) is 24.3 Å². The van der Waals surface area contributed by atoms with Crippen LogP contribution in [0, 0.1) is 17.5 Å². The summed E-state index contributed by atoms with van der Waals surface area (Å²) in [4.78, 5) is 0. The first kappa shape index (κ1) is 13.9. The maximum absolute atomic E-state index is 13.8. The first-order valence-electron chi connectivity index (χ1n) is 6.85. The fraction of sp³-hybridized carbons (Fsp3) is 0.250. The molecule has 1 heterocycles. The topological polar surface area (TPSA) is 24.1 Å². The second-order valence-corrected chi connectivity index (χ2v) is 5.08. The lowest BCUT2D eigenvalue weighted by Crippen LogP contribution is -2.16. The third-order valence-electron chi connectivity index (χ3n) is 3.72. The lowest BCUT2D eigenvalue weighted by molar-refractivity contribution is 0.448. The Morgan fingerprint density at radius 2 is 1.81 bits per heavy atom. The van der Waals surface area contributed by atoms with E-state index in [1.807, 2.05) is 24.3 Å². The quantitative estimate of drug-likeness (QED) is 0.824. The zero-order chi connectivity index (χ0) is 14.8. The minimum Gasteiger partial charge on any atom is -0.376 e. The lowest BCUT2D eigenvalue weighted by Gasteiger charge is -2.20. The monoisotopic (exact) mass is 292 g/mol. The number of fused-ring (bicyclic) bond motifs is 1. The molecule has 0 fully saturated rings. The van der Waals surface area contributed by atoms with Crippen molar-refractivity contribution < 1.29 is 13.2 Å². The van der Waals surface area contributed by atoms with Crippen LogP contribution < -0.4 is 10.6 Å². The molecule has 0 aromatic heterocycles. The van der Waals surface area contributed by atoms with Crippen molar-refractivity contribution in [3.63, 3.8) is 0 Å². The molecule has 0 saturated carbocycles. The highest BCUT2D eigenvalue weighted by Gasteiger charge is 2.21. The van der Waals surface area contributed by atoms with Crippen molar-refractivity contribution in [2.75, 3.05) is 11.9 Å². The Kier molecular flexibility index (Phi) is 3.84. The van der Waals surface area contributed by atoms with Gasteiger partial charge >= 0.3 is 0 Å². The Balaban J connectivity index is 1.93. The third-order valence-corrected chi connectivity index (χ3v) is 3.72. The van der Waals surface area contributed by atoms with Gasteiger partial charge in [-0.25, -0.2) is 13.2 Å². The molecule has 1 unspecified atom stereocenters. The third kappa shape index (κ3) is 2.74. The van der Waals surface area contributed by atoms with Crippen LogP contribution in [0.15, 0.2) is 36.4 Å². The molecule has 2 N–H and O–H groups in total. The minimum absolute atomic E-state index is 0.0180. The Morgan fingerprint density at radius 1 is 1.00 bits per heavy atom. The van der Waals surface area contributed by atoms with Crippen LogP contribution in [0.5, 0.6) is 0 Å². The van der Waals surface area contributed by atoms with Crippen LogP contribution >= 0.6 is 0 Å². The van der Waals surface area contributed by atoms with Crippen molar-refractivity contribution in [1.29, 1.82) is 0 Å². The van der Waals surface area contributed by atoms with Crippen LogP contribution in [-0.4, -0.2) is 6.54 Å². The highest BCUT2D eigenvalue weighted by molar-refractivity contribution is 5.48. The lowest BCUT2D eigenvalue weighted by atomic mass is 9.99. The summed E-state index contributed by atoms with van der Waals surface area (Å²) in [5.41, 5.74) is 2.15. The zero-order valence-corrected chi connectivity index (χ0v) is 11.3. The molecule has 0 saturated heterocycles. The predicted molar refractivity (Wildman–Crippen MR) is 75.4 cm³/mol. The average molecular weight is 292 g/mol. The Bertz CT molecular complexity index is 658. The van der Waals surface area contributed by atoms with Crippen LogP contribution in [0.1, 0.15) is 23.6 Å². The van der Waals surface area contributed by atoms with Gasteiger partial charge in [-0.15, -0.1) is 0 Å². The van der Waals surface area contributed by atoms with Crippen molar-refractivity contribution in [2.24, 2.45) is 0 Å². The molecule has 0 spiro atoms. The molecule has 2 nitrogen and oxygen atoms in total. The fourth-order valence-corrected chi connectivity index (χ4v) is 2.64. The number of rotatable bonds is 2. The number of anilines is 1. The van der Waals surface area contributed by atoms with E-state index in [2.05, 4.69) is 10.6 Å². The molecule has 2 aromatic carbocycles. The normalized spacial score (nSPS) is 18.0. The van der Waals surface area contributed by atoms with Gasteiger partial charge in [-0.05, 0) is 36.2 Å². The summed E-state index contributed by atoms with van der Waals surface area (Å²) in [7, 11) is 0. The van der Waals surface area contributed by atoms with Gasteiger partial charge in [0.05, 0.1) is 11.7 Å². The van der Waals surface area contributed by atoms with E-state index in [0.29, 0.717) is 0 Å². The number of hydrogen-bond donors (Lipinski definition) is 2. The van der Waals surface area contributed by atoms with Crippen LogP contribution in [0.3, 0.4) is 0 Å². The van der Waals surface area contributed by atoms with Crippen molar-refractivity contribution in [1.82, 2.24) is 5.32 Å². The van der Waals surface area contributed by atoms with E-state index >= 15 is 0 Å². The summed E-state index contributed by atoms with van der Waals surface area (Å²) in [6.07, 6.45) is 0.732. The van der Waals surface area contributed by atoms with E-state index in [-0.39, 0.29) is 11.7 Å². The van der Waals surface area contributed by atoms with E-state index in [0.717, 1.165) is 36.7 Å². The molecule has 21 heavy (non-hydrogen) atoms. The molecule has 2 aromatic rings. The SMILES string of the molecule is Fc1ccc(NC2CCNCc3ccccc32)c(F)c1F. The van der Waals surface area contributed by atoms with E-state index in [9.17, 15) is 13.2 Å². The van der Waals surface area contributed by atoms with Crippen LogP contribution in [0.2, 0.25) is 0 Å². The van der Waals surface area contributed by atoms with Gasteiger partial charge in [0.15, 0.2) is 17.5 Å². The van der Waals surface area contributed by atoms with Gasteiger partial charge < -0.3 is 10.6 Å². The summed E-state index contributed by atoms with van der Waals surface area (Å²) in [5, 5.41) is 6.28. The number of halogens is 3. The fourth-order valence-electron chi connectivity index (χ4n) is 2.64. The molecule has 110 valence electrons. The molecule has 0 aliphatic carbocycles. The van der Waals surface area contributed by atoms with E-state index in [1.54, 1.807) is 0 Å². The predicted octanol–water partition coefficient (Wildman–Crippen LogP) is 3.75. The van der Waals surface area contributed by atoms with Crippen molar-refractivity contribution in [3.8, 4) is 0 Å². The van der Waals surface area contributed by atoms with E-state index in [1.165, 1.54) is 6.07 Å². The van der Waals surface area contributed by atoms with Crippen LogP contribution in [0.4, 0.5) is 18.9 Å². The standard InChI is InChI=1S/C16H15F3N2/c17-12-5-6-14(16(19)15(12)18)21-13-7-8-20-9-10-3-1-2-4-11(10)13/h1-6,13,20-21H,7-9H2. The molecule has 0 radical (unpaired) electrons. The van der Waals surface area contributed by atoms with Gasteiger partial charge in [0.2, 0.25) is 0 Å². The molecule has 0 bridgehead atoms. The minimum atomic E-state index is -1.44. The maximum atomic E-state index is 13.8. The first-order valence-corrected chi connectivity index (χ1v) is 6.85. The van der Waals surface area contributed by atoms with Gasteiger partial charge in [0.1, 0.15) is 0 Å². The second kappa shape index (κ2) is 5.77. The summed E-state index contributed by atoms with van der Waals surface area (Å²) >= 11 is 0. The molecule has 1 aliphatic heterocycles. The largest absolute Gasteiger partial charge is 0.376 e. The van der Waals surface area contributed by atoms with Crippen molar-refractivity contribution in [2.45, 2.75) is 19.0 Å².